The fraction of sp³-hybridized carbons (Fsp3) is 0.125. The maximum atomic E-state index is 10.9. The highest BCUT2D eigenvalue weighted by molar-refractivity contribution is 6.33. The van der Waals surface area contributed by atoms with Gasteiger partial charge in [-0.3, -0.25) is 4.79 Å². The summed E-state index contributed by atoms with van der Waals surface area (Å²) in [5, 5.41) is 13.7. The molecule has 6 heteroatoms. The second-order valence-corrected chi connectivity index (χ2v) is 5.21. The molecule has 2 heterocycles. The van der Waals surface area contributed by atoms with E-state index in [0.717, 1.165) is 16.6 Å². The van der Waals surface area contributed by atoms with Crippen LogP contribution in [0.2, 0.25) is 5.02 Å². The van der Waals surface area contributed by atoms with Gasteiger partial charge in [-0.1, -0.05) is 17.7 Å². The second kappa shape index (κ2) is 5.69. The highest BCUT2D eigenvalue weighted by Gasteiger charge is 2.13. The monoisotopic (exact) mass is 316 g/mol. The summed E-state index contributed by atoms with van der Waals surface area (Å²) in [5.41, 5.74) is 3.01. The van der Waals surface area contributed by atoms with Crippen molar-refractivity contribution in [2.75, 3.05) is 7.11 Å². The fourth-order valence-corrected chi connectivity index (χ4v) is 2.72. The van der Waals surface area contributed by atoms with Crippen molar-refractivity contribution in [3.05, 3.63) is 53.3 Å². The van der Waals surface area contributed by atoms with Crippen LogP contribution < -0.4 is 4.74 Å². The van der Waals surface area contributed by atoms with Crippen LogP contribution in [0.4, 0.5) is 0 Å². The number of halogens is 1. The summed E-state index contributed by atoms with van der Waals surface area (Å²) >= 11 is 6.30. The number of nitrogens with zero attached hydrogens (tertiary/aromatic N) is 2. The van der Waals surface area contributed by atoms with Gasteiger partial charge in [0.2, 0.25) is 0 Å². The van der Waals surface area contributed by atoms with E-state index in [-0.39, 0.29) is 6.42 Å². The minimum Gasteiger partial charge on any atom is -0.496 e. The van der Waals surface area contributed by atoms with Gasteiger partial charge in [0.25, 0.3) is 0 Å². The molecular formula is C16H13ClN2O3. The van der Waals surface area contributed by atoms with E-state index in [1.807, 2.05) is 24.3 Å². The SMILES string of the molecule is COc1cccc(Cl)c1-c1ccn2ncc(CC(=O)O)c2c1. The number of methoxy groups -OCH3 is 1. The van der Waals surface area contributed by atoms with E-state index in [0.29, 0.717) is 16.3 Å². The van der Waals surface area contributed by atoms with Gasteiger partial charge in [0.05, 0.1) is 30.3 Å². The number of rotatable bonds is 4. The average molecular weight is 317 g/mol. The average Bonchev–Trinajstić information content (AvgIpc) is 2.88. The van der Waals surface area contributed by atoms with Crippen LogP contribution in [0.5, 0.6) is 5.75 Å². The number of pyridine rings is 1. The van der Waals surface area contributed by atoms with Gasteiger partial charge in [0.1, 0.15) is 5.75 Å². The van der Waals surface area contributed by atoms with E-state index in [1.165, 1.54) is 0 Å². The number of hydrogen-bond donors (Lipinski definition) is 1. The van der Waals surface area contributed by atoms with Gasteiger partial charge in [0.15, 0.2) is 0 Å². The summed E-state index contributed by atoms with van der Waals surface area (Å²) in [7, 11) is 1.59. The molecule has 112 valence electrons. The maximum absolute atomic E-state index is 10.9. The summed E-state index contributed by atoms with van der Waals surface area (Å²) in [6.45, 7) is 0. The Bertz CT molecular complexity index is 858. The normalized spacial score (nSPS) is 10.8. The van der Waals surface area contributed by atoms with E-state index in [2.05, 4.69) is 5.10 Å². The van der Waals surface area contributed by atoms with Crippen LogP contribution in [-0.4, -0.2) is 27.8 Å². The summed E-state index contributed by atoms with van der Waals surface area (Å²) in [6.07, 6.45) is 3.27. The molecule has 0 saturated carbocycles. The predicted molar refractivity (Wildman–Crippen MR) is 83.5 cm³/mol. The first-order chi connectivity index (χ1) is 10.6. The van der Waals surface area contributed by atoms with Crippen LogP contribution in [0.3, 0.4) is 0 Å². The van der Waals surface area contributed by atoms with Gasteiger partial charge in [-0.15, -0.1) is 0 Å². The first kappa shape index (κ1) is 14.4. The molecule has 0 saturated heterocycles. The standard InChI is InChI=1S/C16H13ClN2O3/c1-22-14-4-2-3-12(17)16(14)10-5-6-19-13(7-10)11(9-18-19)8-15(20)21/h2-7,9H,8H2,1H3,(H,20,21). The van der Waals surface area contributed by atoms with Crippen LogP contribution >= 0.6 is 11.6 Å². The molecular weight excluding hydrogens is 304 g/mol. The van der Waals surface area contributed by atoms with Gasteiger partial charge in [-0.25, -0.2) is 4.52 Å². The zero-order chi connectivity index (χ0) is 15.7. The molecule has 2 aromatic heterocycles. The van der Waals surface area contributed by atoms with Crippen molar-refractivity contribution in [3.63, 3.8) is 0 Å². The molecule has 3 rings (SSSR count). The largest absolute Gasteiger partial charge is 0.496 e. The van der Waals surface area contributed by atoms with Crippen LogP contribution in [0.15, 0.2) is 42.7 Å². The predicted octanol–water partition coefficient (Wildman–Crippen LogP) is 3.29. The molecule has 22 heavy (non-hydrogen) atoms. The van der Waals surface area contributed by atoms with Crippen molar-refractivity contribution in [3.8, 4) is 16.9 Å². The number of aliphatic carboxylic acids is 1. The highest BCUT2D eigenvalue weighted by Crippen LogP contribution is 2.36. The molecule has 0 bridgehead atoms. The number of carboxylic acids is 1. The topological polar surface area (TPSA) is 63.8 Å². The molecule has 0 unspecified atom stereocenters. The van der Waals surface area contributed by atoms with Gasteiger partial charge in [-0.2, -0.15) is 5.10 Å². The molecule has 0 aliphatic heterocycles. The second-order valence-electron chi connectivity index (χ2n) is 4.80. The Morgan fingerprint density at radius 2 is 2.23 bits per heavy atom. The van der Waals surface area contributed by atoms with Gasteiger partial charge in [0, 0.05) is 17.3 Å². The molecule has 0 spiro atoms. The molecule has 0 aliphatic rings. The first-order valence-electron chi connectivity index (χ1n) is 6.61. The maximum Gasteiger partial charge on any atom is 0.307 e. The van der Waals surface area contributed by atoms with E-state index in [4.69, 9.17) is 21.4 Å². The van der Waals surface area contributed by atoms with Crippen molar-refractivity contribution >= 4 is 23.1 Å². The third kappa shape index (κ3) is 2.51. The Morgan fingerprint density at radius 1 is 1.41 bits per heavy atom. The van der Waals surface area contributed by atoms with Crippen molar-refractivity contribution in [2.24, 2.45) is 0 Å². The number of ether oxygens (including phenoxy) is 1. The van der Waals surface area contributed by atoms with E-state index < -0.39 is 5.97 Å². The van der Waals surface area contributed by atoms with E-state index >= 15 is 0 Å². The highest BCUT2D eigenvalue weighted by atomic mass is 35.5. The van der Waals surface area contributed by atoms with Crippen molar-refractivity contribution in [1.29, 1.82) is 0 Å². The minimum atomic E-state index is -0.893. The Morgan fingerprint density at radius 3 is 2.95 bits per heavy atom. The number of benzene rings is 1. The Kier molecular flexibility index (Phi) is 3.73. The molecule has 0 amide bonds. The number of fused-ring (bicyclic) bond motifs is 1. The lowest BCUT2D eigenvalue weighted by Gasteiger charge is -2.11. The van der Waals surface area contributed by atoms with Crippen molar-refractivity contribution in [2.45, 2.75) is 6.42 Å². The third-order valence-electron chi connectivity index (χ3n) is 3.43. The number of carbonyl (C=O) groups is 1. The molecule has 0 aliphatic carbocycles. The van der Waals surface area contributed by atoms with Crippen LogP contribution in [-0.2, 0) is 11.2 Å². The zero-order valence-corrected chi connectivity index (χ0v) is 12.5. The molecule has 0 fully saturated rings. The number of hydrogen-bond acceptors (Lipinski definition) is 3. The first-order valence-corrected chi connectivity index (χ1v) is 6.99. The third-order valence-corrected chi connectivity index (χ3v) is 3.74. The summed E-state index contributed by atoms with van der Waals surface area (Å²) in [4.78, 5) is 10.9. The summed E-state index contributed by atoms with van der Waals surface area (Å²) < 4.78 is 7.01. The molecule has 3 aromatic rings. The lowest BCUT2D eigenvalue weighted by molar-refractivity contribution is -0.136. The number of carboxylic acid groups (broad SMARTS) is 1. The molecule has 1 aromatic carbocycles. The fourth-order valence-electron chi connectivity index (χ4n) is 2.44. The summed E-state index contributed by atoms with van der Waals surface area (Å²) in [6, 6.07) is 9.18. The molecule has 0 radical (unpaired) electrons. The zero-order valence-electron chi connectivity index (χ0n) is 11.8. The molecule has 0 atom stereocenters. The van der Waals surface area contributed by atoms with Gasteiger partial charge < -0.3 is 9.84 Å². The Balaban J connectivity index is 2.18. The molecule has 5 nitrogen and oxygen atoms in total. The van der Waals surface area contributed by atoms with E-state index in [9.17, 15) is 4.79 Å². The quantitative estimate of drug-likeness (QED) is 0.802. The number of aromatic nitrogens is 2. The van der Waals surface area contributed by atoms with Crippen LogP contribution in [0.25, 0.3) is 16.6 Å². The van der Waals surface area contributed by atoms with Gasteiger partial charge >= 0.3 is 5.97 Å². The summed E-state index contributed by atoms with van der Waals surface area (Å²) in [5.74, 6) is -0.230. The smallest absolute Gasteiger partial charge is 0.307 e. The lowest BCUT2D eigenvalue weighted by Crippen LogP contribution is -1.99. The van der Waals surface area contributed by atoms with Crippen molar-refractivity contribution in [1.82, 2.24) is 9.61 Å². The Hall–Kier alpha value is -2.53. The van der Waals surface area contributed by atoms with E-state index in [1.54, 1.807) is 30.1 Å². The minimum absolute atomic E-state index is 0.0768. The lowest BCUT2D eigenvalue weighted by atomic mass is 10.0. The van der Waals surface area contributed by atoms with Crippen molar-refractivity contribution < 1.29 is 14.6 Å². The van der Waals surface area contributed by atoms with Gasteiger partial charge in [-0.05, 0) is 29.8 Å². The van der Waals surface area contributed by atoms with Crippen LogP contribution in [0, 0.1) is 0 Å². The van der Waals surface area contributed by atoms with Crippen LogP contribution in [0.1, 0.15) is 5.56 Å². The molecule has 1 N–H and O–H groups in total. The Labute approximate surface area is 131 Å².